The first-order valence-electron chi connectivity index (χ1n) is 5.77. The van der Waals surface area contributed by atoms with E-state index in [9.17, 15) is 4.21 Å². The third-order valence-electron chi connectivity index (χ3n) is 3.00. The van der Waals surface area contributed by atoms with E-state index in [1.165, 1.54) is 12.8 Å². The summed E-state index contributed by atoms with van der Waals surface area (Å²) in [6, 6.07) is 5.25. The molecule has 1 atom stereocenters. The van der Waals surface area contributed by atoms with Gasteiger partial charge < -0.3 is 10.2 Å². The Hall–Kier alpha value is -1.36. The van der Waals surface area contributed by atoms with Crippen LogP contribution in [0.3, 0.4) is 0 Å². The monoisotopic (exact) mass is 250 g/mol. The molecule has 0 bridgehead atoms. The molecule has 0 radical (unpaired) electrons. The van der Waals surface area contributed by atoms with Gasteiger partial charge in [-0.2, -0.15) is 0 Å². The van der Waals surface area contributed by atoms with Gasteiger partial charge in [-0.15, -0.1) is 0 Å². The van der Waals surface area contributed by atoms with Crippen LogP contribution in [0.2, 0.25) is 0 Å². The van der Waals surface area contributed by atoms with Crippen LogP contribution >= 0.6 is 0 Å². The second-order valence-corrected chi connectivity index (χ2v) is 5.94. The first-order chi connectivity index (χ1) is 8.22. The maximum Gasteiger partial charge on any atom is 0.287 e. The molecule has 1 aliphatic rings. The lowest BCUT2D eigenvalue weighted by molar-refractivity contribution is 0.477. The van der Waals surface area contributed by atoms with E-state index in [2.05, 4.69) is 4.98 Å². The van der Waals surface area contributed by atoms with Gasteiger partial charge in [0.15, 0.2) is 5.58 Å². The number of anilines is 1. The minimum Gasteiger partial charge on any atom is -0.430 e. The van der Waals surface area contributed by atoms with Crippen molar-refractivity contribution in [2.75, 3.05) is 11.5 Å². The molecule has 1 fully saturated rings. The second-order valence-electron chi connectivity index (χ2n) is 4.49. The maximum atomic E-state index is 12.0. The van der Waals surface area contributed by atoms with Crippen molar-refractivity contribution < 1.29 is 8.63 Å². The summed E-state index contributed by atoms with van der Waals surface area (Å²) in [5.41, 5.74) is 7.63. The van der Waals surface area contributed by atoms with Gasteiger partial charge in [0.1, 0.15) is 16.3 Å². The molecule has 90 valence electrons. The van der Waals surface area contributed by atoms with Gasteiger partial charge >= 0.3 is 0 Å². The molecule has 1 aliphatic carbocycles. The number of rotatable bonds is 4. The van der Waals surface area contributed by atoms with Crippen LogP contribution < -0.4 is 5.73 Å². The third-order valence-corrected chi connectivity index (χ3v) is 4.17. The first-order valence-corrected chi connectivity index (χ1v) is 7.09. The highest BCUT2D eigenvalue weighted by Crippen LogP contribution is 2.33. The van der Waals surface area contributed by atoms with E-state index in [0.717, 1.165) is 12.3 Å². The van der Waals surface area contributed by atoms with Crippen molar-refractivity contribution in [3.63, 3.8) is 0 Å². The fourth-order valence-corrected chi connectivity index (χ4v) is 2.89. The van der Waals surface area contributed by atoms with E-state index in [4.69, 9.17) is 10.2 Å². The van der Waals surface area contributed by atoms with Crippen molar-refractivity contribution in [3.05, 3.63) is 18.2 Å². The van der Waals surface area contributed by atoms with Gasteiger partial charge in [0.2, 0.25) is 0 Å². The molecule has 1 aromatic heterocycles. The largest absolute Gasteiger partial charge is 0.430 e. The van der Waals surface area contributed by atoms with E-state index in [0.29, 0.717) is 27.8 Å². The predicted octanol–water partition coefficient (Wildman–Crippen LogP) is 2.32. The number of hydrogen-bond acceptors (Lipinski definition) is 4. The van der Waals surface area contributed by atoms with Gasteiger partial charge in [-0.1, -0.05) is 12.8 Å². The van der Waals surface area contributed by atoms with Gasteiger partial charge in [-0.05, 0) is 30.5 Å². The van der Waals surface area contributed by atoms with Crippen LogP contribution in [0.1, 0.15) is 19.3 Å². The van der Waals surface area contributed by atoms with Crippen LogP contribution in [0.4, 0.5) is 5.69 Å². The lowest BCUT2D eigenvalue weighted by Gasteiger charge is -1.94. The Bertz CT molecular complexity index is 575. The van der Waals surface area contributed by atoms with Crippen molar-refractivity contribution in [2.24, 2.45) is 5.92 Å². The van der Waals surface area contributed by atoms with Gasteiger partial charge in [-0.25, -0.2) is 9.19 Å². The molecule has 3 rings (SSSR count). The Morgan fingerprint density at radius 1 is 1.47 bits per heavy atom. The van der Waals surface area contributed by atoms with Crippen molar-refractivity contribution in [1.29, 1.82) is 0 Å². The van der Waals surface area contributed by atoms with Crippen LogP contribution in [-0.4, -0.2) is 14.9 Å². The highest BCUT2D eigenvalue weighted by Gasteiger charge is 2.23. The number of aromatic nitrogens is 1. The molecule has 1 saturated carbocycles. The van der Waals surface area contributed by atoms with Crippen LogP contribution in [0.5, 0.6) is 0 Å². The lowest BCUT2D eigenvalue weighted by Crippen LogP contribution is -1.99. The van der Waals surface area contributed by atoms with Crippen LogP contribution in [0.15, 0.2) is 27.8 Å². The smallest absolute Gasteiger partial charge is 0.287 e. The van der Waals surface area contributed by atoms with Crippen LogP contribution in [0, 0.1) is 5.92 Å². The quantitative estimate of drug-likeness (QED) is 0.845. The SMILES string of the molecule is Nc1ccc2oc(S(=O)CCC3CC3)nc2c1. The summed E-state index contributed by atoms with van der Waals surface area (Å²) in [4.78, 5) is 4.23. The maximum absolute atomic E-state index is 12.0. The summed E-state index contributed by atoms with van der Waals surface area (Å²) < 4.78 is 17.4. The van der Waals surface area contributed by atoms with E-state index in [-0.39, 0.29) is 0 Å². The summed E-state index contributed by atoms with van der Waals surface area (Å²) in [7, 11) is -1.12. The van der Waals surface area contributed by atoms with E-state index in [1.807, 2.05) is 0 Å². The fourth-order valence-electron chi connectivity index (χ4n) is 1.79. The summed E-state index contributed by atoms with van der Waals surface area (Å²) in [5, 5.41) is 0.325. The predicted molar refractivity (Wildman–Crippen MR) is 67.0 cm³/mol. The number of hydrogen-bond donors (Lipinski definition) is 1. The number of nitrogens with two attached hydrogens (primary N) is 1. The van der Waals surface area contributed by atoms with Gasteiger partial charge in [0, 0.05) is 11.4 Å². The van der Waals surface area contributed by atoms with Gasteiger partial charge in [0.25, 0.3) is 5.22 Å². The van der Waals surface area contributed by atoms with Crippen molar-refractivity contribution in [3.8, 4) is 0 Å². The zero-order chi connectivity index (χ0) is 11.8. The molecule has 1 aromatic carbocycles. The van der Waals surface area contributed by atoms with E-state index >= 15 is 0 Å². The average molecular weight is 250 g/mol. The van der Waals surface area contributed by atoms with Crippen LogP contribution in [0.25, 0.3) is 11.1 Å². The lowest BCUT2D eigenvalue weighted by atomic mass is 10.3. The fraction of sp³-hybridized carbons (Fsp3) is 0.417. The minimum absolute atomic E-state index is 0.325. The molecule has 0 saturated heterocycles. The first kappa shape index (κ1) is 10.8. The van der Waals surface area contributed by atoms with Crippen LogP contribution in [-0.2, 0) is 10.8 Å². The Balaban J connectivity index is 1.81. The summed E-state index contributed by atoms with van der Waals surface area (Å²) in [6.45, 7) is 0. The Morgan fingerprint density at radius 3 is 3.06 bits per heavy atom. The number of nitrogen functional groups attached to an aromatic ring is 1. The average Bonchev–Trinajstić information content (AvgIpc) is 3.04. The molecule has 1 unspecified atom stereocenters. The molecule has 5 heteroatoms. The zero-order valence-electron chi connectivity index (χ0n) is 9.39. The molecule has 4 nitrogen and oxygen atoms in total. The standard InChI is InChI=1S/C12H14N2O2S/c13-9-3-4-11-10(7-9)14-12(16-11)17(15)6-5-8-1-2-8/h3-4,7-8H,1-2,5-6,13H2. The molecule has 1 heterocycles. The number of fused-ring (bicyclic) bond motifs is 1. The molecule has 0 amide bonds. The summed E-state index contributed by atoms with van der Waals surface area (Å²) in [5.74, 6) is 1.42. The second kappa shape index (κ2) is 4.14. The topological polar surface area (TPSA) is 69.1 Å². The summed E-state index contributed by atoms with van der Waals surface area (Å²) in [6.07, 6.45) is 3.57. The summed E-state index contributed by atoms with van der Waals surface area (Å²) >= 11 is 0. The normalized spacial score (nSPS) is 17.4. The number of benzene rings is 1. The van der Waals surface area contributed by atoms with Gasteiger partial charge in [0.05, 0.1) is 0 Å². The third kappa shape index (κ3) is 2.34. The molecule has 2 N–H and O–H groups in total. The highest BCUT2D eigenvalue weighted by molar-refractivity contribution is 7.84. The number of oxazole rings is 1. The van der Waals surface area contributed by atoms with Gasteiger partial charge in [-0.3, -0.25) is 0 Å². The molecule has 17 heavy (non-hydrogen) atoms. The highest BCUT2D eigenvalue weighted by atomic mass is 32.2. The minimum atomic E-state index is -1.12. The Kier molecular flexibility index (Phi) is 2.63. The van der Waals surface area contributed by atoms with E-state index in [1.54, 1.807) is 18.2 Å². The number of nitrogens with zero attached hydrogens (tertiary/aromatic N) is 1. The molecule has 0 spiro atoms. The molecule has 2 aromatic rings. The Labute approximate surface area is 102 Å². The van der Waals surface area contributed by atoms with Crippen molar-refractivity contribution >= 4 is 27.6 Å². The Morgan fingerprint density at radius 2 is 2.29 bits per heavy atom. The van der Waals surface area contributed by atoms with Crippen molar-refractivity contribution in [1.82, 2.24) is 4.98 Å². The zero-order valence-corrected chi connectivity index (χ0v) is 10.2. The van der Waals surface area contributed by atoms with E-state index < -0.39 is 10.8 Å². The molecular formula is C12H14N2O2S. The molecular weight excluding hydrogens is 236 g/mol. The van der Waals surface area contributed by atoms with Crippen molar-refractivity contribution in [2.45, 2.75) is 24.5 Å². The molecule has 0 aliphatic heterocycles.